The van der Waals surface area contributed by atoms with Gasteiger partial charge in [-0.05, 0) is 49.3 Å². The van der Waals surface area contributed by atoms with Crippen LogP contribution in [0.2, 0.25) is 0 Å². The molecule has 1 aromatic carbocycles. The molecule has 88 valence electrons. The molecule has 0 fully saturated rings. The van der Waals surface area contributed by atoms with Gasteiger partial charge in [0.05, 0.1) is 6.61 Å². The number of rotatable bonds is 3. The van der Waals surface area contributed by atoms with E-state index in [1.54, 1.807) is 0 Å². The fraction of sp³-hybridized carbons (Fsp3) is 0.364. The Bertz CT molecular complexity index is 373. The second kappa shape index (κ2) is 6.18. The third-order valence-electron chi connectivity index (χ3n) is 2.13. The van der Waals surface area contributed by atoms with Gasteiger partial charge in [0.2, 0.25) is 0 Å². The largest absolute Gasteiger partial charge is 0.395 e. The summed E-state index contributed by atoms with van der Waals surface area (Å²) >= 11 is 8.55. The fourth-order valence-corrected chi connectivity index (χ4v) is 2.33. The van der Waals surface area contributed by atoms with Crippen LogP contribution in [0.5, 0.6) is 0 Å². The number of benzene rings is 1. The molecule has 0 aliphatic heterocycles. The van der Waals surface area contributed by atoms with Crippen LogP contribution in [0.4, 0.5) is 5.69 Å². The molecule has 5 heteroatoms. The molecule has 0 unspecified atom stereocenters. The Hall–Kier alpha value is -0.650. The number of aliphatic hydroxyl groups excluding tert-OH is 1. The maximum absolute atomic E-state index is 8.67. The predicted octanol–water partition coefficient (Wildman–Crippen LogP) is 2.34. The molecular weight excluding hydrogens is 288 g/mol. The fourth-order valence-electron chi connectivity index (χ4n) is 1.43. The van der Waals surface area contributed by atoms with Gasteiger partial charge >= 0.3 is 0 Å². The molecule has 0 atom stereocenters. The van der Waals surface area contributed by atoms with Gasteiger partial charge in [0.25, 0.3) is 0 Å². The van der Waals surface area contributed by atoms with E-state index in [-0.39, 0.29) is 6.61 Å². The molecule has 0 saturated heterocycles. The van der Waals surface area contributed by atoms with E-state index in [1.807, 2.05) is 26.0 Å². The van der Waals surface area contributed by atoms with Crippen molar-refractivity contribution in [2.24, 2.45) is 0 Å². The minimum absolute atomic E-state index is 0.0696. The Balaban J connectivity index is 2.77. The molecule has 0 aliphatic rings. The molecular formula is C11H15BrN2OS. The van der Waals surface area contributed by atoms with E-state index in [2.05, 4.69) is 26.6 Å². The van der Waals surface area contributed by atoms with Crippen LogP contribution in [0.25, 0.3) is 0 Å². The zero-order valence-corrected chi connectivity index (χ0v) is 11.7. The Morgan fingerprint density at radius 2 is 1.94 bits per heavy atom. The first-order valence-corrected chi connectivity index (χ1v) is 6.17. The van der Waals surface area contributed by atoms with Gasteiger partial charge in [0.15, 0.2) is 5.11 Å². The molecule has 0 amide bonds. The maximum Gasteiger partial charge on any atom is 0.170 e. The topological polar surface area (TPSA) is 44.3 Å². The number of hydrogen-bond acceptors (Lipinski definition) is 2. The summed E-state index contributed by atoms with van der Waals surface area (Å²) in [6.07, 6.45) is 0. The molecule has 0 heterocycles. The smallest absolute Gasteiger partial charge is 0.170 e. The van der Waals surface area contributed by atoms with Gasteiger partial charge < -0.3 is 15.7 Å². The zero-order chi connectivity index (χ0) is 12.1. The summed E-state index contributed by atoms with van der Waals surface area (Å²) in [5.41, 5.74) is 3.26. The summed E-state index contributed by atoms with van der Waals surface area (Å²) in [5, 5.41) is 15.2. The van der Waals surface area contributed by atoms with Gasteiger partial charge in [0, 0.05) is 16.7 Å². The average molecular weight is 303 g/mol. The summed E-state index contributed by atoms with van der Waals surface area (Å²) in [4.78, 5) is 0. The summed E-state index contributed by atoms with van der Waals surface area (Å²) in [6.45, 7) is 4.57. The molecule has 0 aliphatic carbocycles. The van der Waals surface area contributed by atoms with E-state index < -0.39 is 0 Å². The number of nitrogens with one attached hydrogen (secondary N) is 2. The molecule has 0 radical (unpaired) electrons. The lowest BCUT2D eigenvalue weighted by Gasteiger charge is -2.14. The summed E-state index contributed by atoms with van der Waals surface area (Å²) in [5.74, 6) is 0. The first-order chi connectivity index (χ1) is 7.54. The Morgan fingerprint density at radius 1 is 1.38 bits per heavy atom. The van der Waals surface area contributed by atoms with Crippen molar-refractivity contribution < 1.29 is 5.11 Å². The number of hydrogen-bond donors (Lipinski definition) is 3. The average Bonchev–Trinajstić information content (AvgIpc) is 2.20. The van der Waals surface area contributed by atoms with Crippen LogP contribution in [0.1, 0.15) is 11.1 Å². The zero-order valence-electron chi connectivity index (χ0n) is 9.30. The van der Waals surface area contributed by atoms with Crippen LogP contribution in [-0.2, 0) is 0 Å². The molecule has 0 saturated carbocycles. The number of thiocarbonyl (C=S) groups is 1. The van der Waals surface area contributed by atoms with Crippen molar-refractivity contribution in [2.75, 3.05) is 18.5 Å². The van der Waals surface area contributed by atoms with Crippen LogP contribution in [-0.4, -0.2) is 23.4 Å². The molecule has 3 N–H and O–H groups in total. The highest BCUT2D eigenvalue weighted by atomic mass is 79.9. The number of aryl methyl sites for hydroxylation is 2. The summed E-state index contributed by atoms with van der Waals surface area (Å²) in [7, 11) is 0. The Morgan fingerprint density at radius 3 is 2.44 bits per heavy atom. The SMILES string of the molecule is Cc1cc(Br)cc(C)c1NC(=S)NCCO. The van der Waals surface area contributed by atoms with Gasteiger partial charge in [-0.15, -0.1) is 0 Å². The van der Waals surface area contributed by atoms with Crippen LogP contribution in [0, 0.1) is 13.8 Å². The van der Waals surface area contributed by atoms with Crippen molar-refractivity contribution in [1.29, 1.82) is 0 Å². The van der Waals surface area contributed by atoms with Gasteiger partial charge in [-0.3, -0.25) is 0 Å². The Labute approximate surface area is 109 Å². The minimum atomic E-state index is 0.0696. The molecule has 16 heavy (non-hydrogen) atoms. The second-order valence-corrected chi connectivity index (χ2v) is 4.84. The lowest BCUT2D eigenvalue weighted by Crippen LogP contribution is -2.31. The van der Waals surface area contributed by atoms with Crippen LogP contribution >= 0.6 is 28.1 Å². The lowest BCUT2D eigenvalue weighted by molar-refractivity contribution is 0.301. The quantitative estimate of drug-likeness (QED) is 0.750. The van der Waals surface area contributed by atoms with Crippen LogP contribution in [0.15, 0.2) is 16.6 Å². The van der Waals surface area contributed by atoms with E-state index in [1.165, 1.54) is 0 Å². The van der Waals surface area contributed by atoms with Crippen molar-refractivity contribution in [1.82, 2.24) is 5.32 Å². The number of aliphatic hydroxyl groups is 1. The molecule has 1 rings (SSSR count). The Kier molecular flexibility index (Phi) is 5.18. The normalized spacial score (nSPS) is 10.0. The van der Waals surface area contributed by atoms with E-state index in [0.29, 0.717) is 11.7 Å². The third kappa shape index (κ3) is 3.73. The van der Waals surface area contributed by atoms with E-state index in [0.717, 1.165) is 21.3 Å². The predicted molar refractivity (Wildman–Crippen MR) is 74.9 cm³/mol. The molecule has 1 aromatic rings. The highest BCUT2D eigenvalue weighted by Gasteiger charge is 2.05. The van der Waals surface area contributed by atoms with Crippen molar-refractivity contribution in [3.8, 4) is 0 Å². The van der Waals surface area contributed by atoms with Crippen molar-refractivity contribution in [3.63, 3.8) is 0 Å². The van der Waals surface area contributed by atoms with Gasteiger partial charge in [-0.1, -0.05) is 15.9 Å². The van der Waals surface area contributed by atoms with E-state index in [9.17, 15) is 0 Å². The third-order valence-corrected chi connectivity index (χ3v) is 2.84. The molecule has 0 spiro atoms. The first kappa shape index (κ1) is 13.4. The van der Waals surface area contributed by atoms with E-state index in [4.69, 9.17) is 17.3 Å². The van der Waals surface area contributed by atoms with Crippen molar-refractivity contribution in [3.05, 3.63) is 27.7 Å². The lowest BCUT2D eigenvalue weighted by atomic mass is 10.1. The highest BCUT2D eigenvalue weighted by molar-refractivity contribution is 9.10. The summed E-state index contributed by atoms with van der Waals surface area (Å²) in [6, 6.07) is 4.06. The van der Waals surface area contributed by atoms with Gasteiger partial charge in [-0.25, -0.2) is 0 Å². The second-order valence-electron chi connectivity index (χ2n) is 3.52. The van der Waals surface area contributed by atoms with Crippen LogP contribution in [0.3, 0.4) is 0 Å². The number of anilines is 1. The minimum Gasteiger partial charge on any atom is -0.395 e. The van der Waals surface area contributed by atoms with Crippen LogP contribution < -0.4 is 10.6 Å². The standard InChI is InChI=1S/C11H15BrN2OS/c1-7-5-9(12)6-8(2)10(7)14-11(16)13-3-4-15/h5-6,15H,3-4H2,1-2H3,(H2,13,14,16). The molecule has 0 aromatic heterocycles. The summed E-state index contributed by atoms with van der Waals surface area (Å²) < 4.78 is 1.06. The monoisotopic (exact) mass is 302 g/mol. The first-order valence-electron chi connectivity index (χ1n) is 4.97. The number of halogens is 1. The van der Waals surface area contributed by atoms with Crippen molar-refractivity contribution in [2.45, 2.75) is 13.8 Å². The van der Waals surface area contributed by atoms with Gasteiger partial charge in [-0.2, -0.15) is 0 Å². The van der Waals surface area contributed by atoms with Crippen molar-refractivity contribution >= 4 is 38.9 Å². The maximum atomic E-state index is 8.67. The van der Waals surface area contributed by atoms with Gasteiger partial charge in [0.1, 0.15) is 0 Å². The highest BCUT2D eigenvalue weighted by Crippen LogP contribution is 2.24. The molecule has 0 bridgehead atoms. The molecule has 3 nitrogen and oxygen atoms in total. The van der Waals surface area contributed by atoms with E-state index >= 15 is 0 Å².